The smallest absolute Gasteiger partial charge is 0.270 e. The molecule has 12 nitrogen and oxygen atoms in total. The number of carbonyl (C=O) groups excluding carboxylic acids is 4. The van der Waals surface area contributed by atoms with Gasteiger partial charge in [-0.1, -0.05) is 143 Å². The summed E-state index contributed by atoms with van der Waals surface area (Å²) in [5, 5.41) is 15.5. The summed E-state index contributed by atoms with van der Waals surface area (Å²) in [6, 6.07) is 41.7. The highest BCUT2D eigenvalue weighted by Gasteiger charge is 2.19. The molecule has 7 rings (SSSR count). The summed E-state index contributed by atoms with van der Waals surface area (Å²) in [5.74, 6) is -0.363. The van der Waals surface area contributed by atoms with E-state index in [1.165, 1.54) is 6.20 Å². The number of rotatable bonds is 12. The van der Waals surface area contributed by atoms with Crippen molar-refractivity contribution in [3.05, 3.63) is 186 Å². The molecule has 0 aliphatic carbocycles. The Morgan fingerprint density at radius 3 is 1.74 bits per heavy atom. The molecule has 58 heavy (non-hydrogen) atoms. The molecule has 294 valence electrons. The van der Waals surface area contributed by atoms with Gasteiger partial charge in [0.2, 0.25) is 0 Å². The zero-order chi connectivity index (χ0) is 41.3. The van der Waals surface area contributed by atoms with Gasteiger partial charge in [-0.05, 0) is 28.8 Å². The Morgan fingerprint density at radius 2 is 1.21 bits per heavy atom. The number of oxime groups is 1. The number of benzene rings is 4. The summed E-state index contributed by atoms with van der Waals surface area (Å²) in [4.78, 5) is 55.1. The van der Waals surface area contributed by atoms with E-state index in [1.54, 1.807) is 66.7 Å². The van der Waals surface area contributed by atoms with Crippen LogP contribution in [0.15, 0.2) is 162 Å². The normalized spacial score (nSPS) is 10.6. The molecule has 0 radical (unpaired) electrons. The molecule has 7 aromatic rings. The fourth-order valence-electron chi connectivity index (χ4n) is 5.70. The number of aromatic nitrogens is 3. The van der Waals surface area contributed by atoms with E-state index in [0.29, 0.717) is 47.6 Å². The summed E-state index contributed by atoms with van der Waals surface area (Å²) in [5.41, 5.74) is 7.54. The van der Waals surface area contributed by atoms with Crippen molar-refractivity contribution in [2.45, 2.75) is 19.5 Å². The minimum Gasteiger partial charge on any atom is -0.410 e. The Balaban J connectivity index is 0.000000181. The molecule has 3 heterocycles. The maximum atomic E-state index is 12.7. The monoisotopic (exact) mass is 796 g/mol. The number of halogens is 1. The molecule has 0 atom stereocenters. The molecule has 13 heteroatoms. The molecule has 0 saturated carbocycles. The number of hydrogen-bond acceptors (Lipinski definition) is 8. The molecule has 0 aliphatic heterocycles. The van der Waals surface area contributed by atoms with Gasteiger partial charge in [-0.15, -0.1) is 0 Å². The van der Waals surface area contributed by atoms with Crippen molar-refractivity contribution in [1.82, 2.24) is 24.9 Å². The molecule has 3 N–H and O–H groups in total. The van der Waals surface area contributed by atoms with E-state index in [4.69, 9.17) is 21.3 Å². The van der Waals surface area contributed by atoms with Crippen LogP contribution >= 0.6 is 11.6 Å². The van der Waals surface area contributed by atoms with Crippen LogP contribution in [0.4, 0.5) is 0 Å². The van der Waals surface area contributed by atoms with Crippen LogP contribution in [0.5, 0.6) is 0 Å². The van der Waals surface area contributed by atoms with Crippen LogP contribution in [-0.2, 0) is 17.9 Å². The summed E-state index contributed by atoms with van der Waals surface area (Å²) in [6.07, 6.45) is 5.53. The maximum absolute atomic E-state index is 12.7. The highest BCUT2D eigenvalue weighted by atomic mass is 35.5. The average Bonchev–Trinajstić information content (AvgIpc) is 4.07. The summed E-state index contributed by atoms with van der Waals surface area (Å²) in [6.45, 7) is 1.06. The van der Waals surface area contributed by atoms with Crippen molar-refractivity contribution >= 4 is 40.7 Å². The predicted octanol–water partition coefficient (Wildman–Crippen LogP) is 8.73. The Labute approximate surface area is 340 Å². The summed E-state index contributed by atoms with van der Waals surface area (Å²) in [7, 11) is 3.51. The second-order valence-corrected chi connectivity index (χ2v) is 13.2. The lowest BCUT2D eigenvalue weighted by Gasteiger charge is -2.16. The molecular weight excluding hydrogens is 756 g/mol. The Bertz CT molecular complexity index is 2410. The number of H-pyrrole nitrogens is 2. The number of carbonyl (C=O) groups is 4. The van der Waals surface area contributed by atoms with Gasteiger partial charge in [-0.25, -0.2) is 0 Å². The fourth-order valence-corrected chi connectivity index (χ4v) is 5.81. The van der Waals surface area contributed by atoms with Crippen molar-refractivity contribution in [3.63, 3.8) is 0 Å². The van der Waals surface area contributed by atoms with Gasteiger partial charge in [0.1, 0.15) is 29.6 Å². The number of aldehydes is 1. The molecule has 0 spiro atoms. The van der Waals surface area contributed by atoms with Crippen LogP contribution in [0.2, 0.25) is 0 Å². The molecule has 0 fully saturated rings. The number of aromatic amines is 2. The minimum atomic E-state index is -0.164. The standard InChI is InChI=1S/C22H19N3O2.C14H14ClN3O2.C9H8O2/c1-25(14-16-8-4-2-5-9-16)22(26)20-12-18(13-23-20)21-19(15-27-24-21)17-10-6-3-7-11-17;1-18(9-10-5-3-2-4-6-10)14(19)12-7-11(8-16-12)13(15)17-20;10-7-6-9(11)8-4-2-1-3-5-8/h2-13,15,23H,14H2,1H3;2-8,16,20H,9H2,1H3;1-5,7H,6H2/b;17-13-;. The number of Topliss-reactive ketones (excluding diaryl/α,β-unsaturated/α-hetero) is 1. The maximum Gasteiger partial charge on any atom is 0.270 e. The van der Waals surface area contributed by atoms with Crippen molar-refractivity contribution < 1.29 is 28.9 Å². The molecular formula is C45H41ClN6O6. The Kier molecular flexibility index (Phi) is 15.2. The largest absolute Gasteiger partial charge is 0.410 e. The average molecular weight is 797 g/mol. The van der Waals surface area contributed by atoms with E-state index in [1.807, 2.05) is 103 Å². The first-order valence-corrected chi connectivity index (χ1v) is 18.4. The molecule has 0 bridgehead atoms. The highest BCUT2D eigenvalue weighted by Crippen LogP contribution is 2.31. The second kappa shape index (κ2) is 21.1. The van der Waals surface area contributed by atoms with Gasteiger partial charge in [0, 0.05) is 61.8 Å². The van der Waals surface area contributed by atoms with E-state index in [-0.39, 0.29) is 29.2 Å². The van der Waals surface area contributed by atoms with Crippen molar-refractivity contribution in [1.29, 1.82) is 0 Å². The topological polar surface area (TPSA) is 165 Å². The lowest BCUT2D eigenvalue weighted by atomic mass is 10.0. The van der Waals surface area contributed by atoms with Crippen LogP contribution in [-0.4, -0.2) is 73.3 Å². The van der Waals surface area contributed by atoms with Crippen molar-refractivity contribution in [2.75, 3.05) is 14.1 Å². The zero-order valence-electron chi connectivity index (χ0n) is 31.8. The SMILES string of the molecule is CN(Cc1ccccc1)C(=O)c1cc(-c2nocc2-c2ccccc2)c[nH]1.CN(Cc1ccccc1)C(=O)c1cc(/C(Cl)=N/O)c[nH]1.O=CCC(=O)c1ccccc1. The van der Waals surface area contributed by atoms with Gasteiger partial charge in [0.15, 0.2) is 11.0 Å². The molecule has 0 saturated heterocycles. The van der Waals surface area contributed by atoms with Gasteiger partial charge in [0.05, 0.1) is 6.42 Å². The summed E-state index contributed by atoms with van der Waals surface area (Å²) >= 11 is 5.67. The van der Waals surface area contributed by atoms with Gasteiger partial charge in [-0.2, -0.15) is 0 Å². The quantitative estimate of drug-likeness (QED) is 0.0278. The molecule has 3 aromatic heterocycles. The lowest BCUT2D eigenvalue weighted by Crippen LogP contribution is -2.26. The van der Waals surface area contributed by atoms with Crippen LogP contribution in [0, 0.1) is 0 Å². The van der Waals surface area contributed by atoms with Crippen LogP contribution < -0.4 is 0 Å². The number of nitrogens with zero attached hydrogens (tertiary/aromatic N) is 4. The Hall–Kier alpha value is -7.31. The second-order valence-electron chi connectivity index (χ2n) is 12.9. The number of nitrogens with one attached hydrogen (secondary N) is 2. The predicted molar refractivity (Wildman–Crippen MR) is 223 cm³/mol. The van der Waals surface area contributed by atoms with Crippen molar-refractivity contribution in [2.24, 2.45) is 5.16 Å². The van der Waals surface area contributed by atoms with Gasteiger partial charge < -0.3 is 34.3 Å². The molecule has 4 aromatic carbocycles. The van der Waals surface area contributed by atoms with E-state index < -0.39 is 0 Å². The van der Waals surface area contributed by atoms with Crippen LogP contribution in [0.1, 0.15) is 54.4 Å². The van der Waals surface area contributed by atoms with E-state index in [9.17, 15) is 19.2 Å². The Morgan fingerprint density at radius 1 is 0.707 bits per heavy atom. The van der Waals surface area contributed by atoms with E-state index >= 15 is 0 Å². The van der Waals surface area contributed by atoms with Gasteiger partial charge in [-0.3, -0.25) is 14.4 Å². The first-order chi connectivity index (χ1) is 28.2. The minimum absolute atomic E-state index is 0.0238. The fraction of sp³-hybridized carbons (Fsp3) is 0.111. The van der Waals surface area contributed by atoms with Crippen LogP contribution in [0.3, 0.4) is 0 Å². The first-order valence-electron chi connectivity index (χ1n) is 18.0. The molecule has 0 aliphatic rings. The third-order valence-corrected chi connectivity index (χ3v) is 8.96. The number of ketones is 1. The number of amides is 2. The van der Waals surface area contributed by atoms with Gasteiger partial charge in [0.25, 0.3) is 11.8 Å². The summed E-state index contributed by atoms with van der Waals surface area (Å²) < 4.78 is 5.19. The number of hydrogen-bond donors (Lipinski definition) is 3. The van der Waals surface area contributed by atoms with Crippen LogP contribution in [0.25, 0.3) is 22.4 Å². The van der Waals surface area contributed by atoms with E-state index in [2.05, 4.69) is 20.3 Å². The van der Waals surface area contributed by atoms with Gasteiger partial charge >= 0.3 is 0 Å². The molecule has 2 amide bonds. The first kappa shape index (κ1) is 41.8. The third kappa shape index (κ3) is 11.6. The third-order valence-electron chi connectivity index (χ3n) is 8.66. The highest BCUT2D eigenvalue weighted by molar-refractivity contribution is 6.69. The lowest BCUT2D eigenvalue weighted by molar-refractivity contribution is -0.107. The molecule has 0 unspecified atom stereocenters. The zero-order valence-corrected chi connectivity index (χ0v) is 32.5. The van der Waals surface area contributed by atoms with E-state index in [0.717, 1.165) is 27.8 Å². The van der Waals surface area contributed by atoms with Crippen molar-refractivity contribution in [3.8, 4) is 22.4 Å².